The number of nitrogens with zero attached hydrogens (tertiary/aromatic N) is 1. The normalized spacial score (nSPS) is 12.2. The van der Waals surface area contributed by atoms with Gasteiger partial charge < -0.3 is 5.11 Å². The maximum absolute atomic E-state index is 9.23. The average molecular weight is 182 g/mol. The maximum Gasteiger partial charge on any atom is 0.0996 e. The summed E-state index contributed by atoms with van der Waals surface area (Å²) >= 11 is 5.67. The molecule has 0 aliphatic carbocycles. The van der Waals surface area contributed by atoms with Gasteiger partial charge in [0.25, 0.3) is 0 Å². The zero-order chi connectivity index (χ0) is 9.14. The molecular weight excluding hydrogens is 174 g/mol. The molecule has 1 aromatic rings. The number of halogens is 1. The van der Waals surface area contributed by atoms with Gasteiger partial charge in [0, 0.05) is 5.02 Å². The quantitative estimate of drug-likeness (QED) is 0.722. The number of hydrogen-bond acceptors (Lipinski definition) is 2. The van der Waals surface area contributed by atoms with Gasteiger partial charge in [0.15, 0.2) is 0 Å². The smallest absolute Gasteiger partial charge is 0.0996 e. The van der Waals surface area contributed by atoms with E-state index in [2.05, 4.69) is 0 Å². The number of aliphatic hydroxyl groups is 1. The summed E-state index contributed by atoms with van der Waals surface area (Å²) in [4.78, 5) is 0. The molecule has 0 aliphatic rings. The summed E-state index contributed by atoms with van der Waals surface area (Å²) < 4.78 is 0. The Balaban J connectivity index is 3.23. The molecule has 62 valence electrons. The van der Waals surface area contributed by atoms with Crippen molar-refractivity contribution in [1.29, 1.82) is 5.26 Å². The van der Waals surface area contributed by atoms with Crippen molar-refractivity contribution in [1.82, 2.24) is 0 Å². The van der Waals surface area contributed by atoms with Crippen molar-refractivity contribution >= 4 is 11.6 Å². The first kappa shape index (κ1) is 9.05. The molecule has 0 radical (unpaired) electrons. The molecule has 1 rings (SSSR count). The van der Waals surface area contributed by atoms with Gasteiger partial charge in [-0.2, -0.15) is 5.26 Å². The first-order chi connectivity index (χ1) is 5.65. The maximum atomic E-state index is 9.23. The van der Waals surface area contributed by atoms with Gasteiger partial charge in [0.2, 0.25) is 0 Å². The second-order valence-corrected chi connectivity index (χ2v) is 2.96. The minimum Gasteiger partial charge on any atom is -0.389 e. The van der Waals surface area contributed by atoms with E-state index in [9.17, 15) is 5.11 Å². The Morgan fingerprint density at radius 1 is 1.58 bits per heavy atom. The Labute approximate surface area is 76.0 Å². The summed E-state index contributed by atoms with van der Waals surface area (Å²) in [7, 11) is 0. The average Bonchev–Trinajstić information content (AvgIpc) is 2.03. The second-order valence-electron chi connectivity index (χ2n) is 2.52. The lowest BCUT2D eigenvalue weighted by molar-refractivity contribution is 0.199. The predicted molar refractivity (Wildman–Crippen MR) is 46.8 cm³/mol. The molecule has 1 atom stereocenters. The fourth-order valence-corrected chi connectivity index (χ4v) is 1.16. The summed E-state index contributed by atoms with van der Waals surface area (Å²) in [6.45, 7) is 1.62. The first-order valence-electron chi connectivity index (χ1n) is 3.52. The van der Waals surface area contributed by atoms with Gasteiger partial charge in [-0.1, -0.05) is 17.7 Å². The van der Waals surface area contributed by atoms with Crippen molar-refractivity contribution in [3.8, 4) is 6.07 Å². The lowest BCUT2D eigenvalue weighted by Crippen LogP contribution is -1.94. The van der Waals surface area contributed by atoms with Crippen LogP contribution in [0.2, 0.25) is 5.02 Å². The first-order valence-corrected chi connectivity index (χ1v) is 3.90. The van der Waals surface area contributed by atoms with E-state index in [-0.39, 0.29) is 0 Å². The molecule has 3 heteroatoms. The van der Waals surface area contributed by atoms with E-state index in [0.717, 1.165) is 0 Å². The predicted octanol–water partition coefficient (Wildman–Crippen LogP) is 2.26. The lowest BCUT2D eigenvalue weighted by Gasteiger charge is -2.06. The van der Waals surface area contributed by atoms with Crippen LogP contribution in [0.4, 0.5) is 0 Å². The van der Waals surface area contributed by atoms with E-state index in [0.29, 0.717) is 16.1 Å². The molecule has 0 saturated carbocycles. The third-order valence-electron chi connectivity index (χ3n) is 1.59. The third-order valence-corrected chi connectivity index (χ3v) is 1.82. The van der Waals surface area contributed by atoms with Crippen molar-refractivity contribution in [2.75, 3.05) is 0 Å². The van der Waals surface area contributed by atoms with Gasteiger partial charge in [-0.15, -0.1) is 0 Å². The summed E-state index contributed by atoms with van der Waals surface area (Å²) in [5, 5.41) is 18.4. The van der Waals surface area contributed by atoms with Gasteiger partial charge in [0.05, 0.1) is 17.7 Å². The molecule has 0 spiro atoms. The molecule has 0 aromatic heterocycles. The molecule has 0 fully saturated rings. The molecule has 0 saturated heterocycles. The highest BCUT2D eigenvalue weighted by Gasteiger charge is 2.07. The van der Waals surface area contributed by atoms with Gasteiger partial charge in [-0.25, -0.2) is 0 Å². The number of rotatable bonds is 1. The van der Waals surface area contributed by atoms with E-state index in [4.69, 9.17) is 16.9 Å². The van der Waals surface area contributed by atoms with E-state index >= 15 is 0 Å². The van der Waals surface area contributed by atoms with Gasteiger partial charge in [0.1, 0.15) is 0 Å². The van der Waals surface area contributed by atoms with Crippen LogP contribution in [0.15, 0.2) is 18.2 Å². The van der Waals surface area contributed by atoms with E-state index < -0.39 is 6.10 Å². The van der Waals surface area contributed by atoms with Crippen LogP contribution in [-0.2, 0) is 0 Å². The Kier molecular flexibility index (Phi) is 2.69. The highest BCUT2D eigenvalue weighted by Crippen LogP contribution is 2.20. The summed E-state index contributed by atoms with van der Waals surface area (Å²) in [5.74, 6) is 0. The summed E-state index contributed by atoms with van der Waals surface area (Å²) in [6.07, 6.45) is -0.628. The van der Waals surface area contributed by atoms with Crippen molar-refractivity contribution in [3.05, 3.63) is 34.3 Å². The standard InChI is InChI=1S/C9H8ClNO/c1-6(12)9-3-2-8(10)4-7(9)5-11/h2-4,6,12H,1H3/t6-/m0/s1. The minimum absolute atomic E-state index is 0.428. The van der Waals surface area contributed by atoms with Crippen LogP contribution in [0.5, 0.6) is 0 Å². The molecular formula is C9H8ClNO. The highest BCUT2D eigenvalue weighted by molar-refractivity contribution is 6.30. The van der Waals surface area contributed by atoms with Crippen LogP contribution in [0.1, 0.15) is 24.2 Å². The number of benzene rings is 1. The summed E-state index contributed by atoms with van der Waals surface area (Å²) in [5.41, 5.74) is 1.04. The van der Waals surface area contributed by atoms with Crippen LogP contribution >= 0.6 is 11.6 Å². The Hall–Kier alpha value is -1.04. The largest absolute Gasteiger partial charge is 0.389 e. The molecule has 1 aromatic carbocycles. The van der Waals surface area contributed by atoms with Crippen molar-refractivity contribution in [2.45, 2.75) is 13.0 Å². The van der Waals surface area contributed by atoms with Crippen LogP contribution in [0.3, 0.4) is 0 Å². The zero-order valence-electron chi connectivity index (χ0n) is 6.58. The lowest BCUT2D eigenvalue weighted by atomic mass is 10.0. The van der Waals surface area contributed by atoms with Crippen LogP contribution in [-0.4, -0.2) is 5.11 Å². The molecule has 1 N–H and O–H groups in total. The molecule has 0 bridgehead atoms. The third kappa shape index (κ3) is 1.76. The van der Waals surface area contributed by atoms with E-state index in [1.807, 2.05) is 6.07 Å². The Morgan fingerprint density at radius 2 is 2.25 bits per heavy atom. The second kappa shape index (κ2) is 3.57. The molecule has 0 heterocycles. The molecule has 0 unspecified atom stereocenters. The Morgan fingerprint density at radius 3 is 2.75 bits per heavy atom. The van der Waals surface area contributed by atoms with Gasteiger partial charge >= 0.3 is 0 Å². The molecule has 0 aliphatic heterocycles. The Bertz CT molecular complexity index is 328. The van der Waals surface area contributed by atoms with Crippen LogP contribution < -0.4 is 0 Å². The van der Waals surface area contributed by atoms with E-state index in [1.165, 1.54) is 0 Å². The van der Waals surface area contributed by atoms with Crippen LogP contribution in [0.25, 0.3) is 0 Å². The zero-order valence-corrected chi connectivity index (χ0v) is 7.34. The number of aliphatic hydroxyl groups excluding tert-OH is 1. The van der Waals surface area contributed by atoms with Gasteiger partial charge in [-0.3, -0.25) is 0 Å². The number of nitriles is 1. The SMILES string of the molecule is C[C@H](O)c1ccc(Cl)cc1C#N. The van der Waals surface area contributed by atoms with Crippen molar-refractivity contribution in [3.63, 3.8) is 0 Å². The van der Waals surface area contributed by atoms with Crippen molar-refractivity contribution in [2.24, 2.45) is 0 Å². The molecule has 2 nitrogen and oxygen atoms in total. The van der Waals surface area contributed by atoms with Gasteiger partial charge in [-0.05, 0) is 24.6 Å². The fourth-order valence-electron chi connectivity index (χ4n) is 0.990. The fraction of sp³-hybridized carbons (Fsp3) is 0.222. The number of hydrogen-bond donors (Lipinski definition) is 1. The summed E-state index contributed by atoms with van der Waals surface area (Å²) in [6, 6.07) is 6.83. The topological polar surface area (TPSA) is 44.0 Å². The molecule has 0 amide bonds. The van der Waals surface area contributed by atoms with Crippen molar-refractivity contribution < 1.29 is 5.11 Å². The molecule has 12 heavy (non-hydrogen) atoms. The minimum atomic E-state index is -0.628. The highest BCUT2D eigenvalue weighted by atomic mass is 35.5. The van der Waals surface area contributed by atoms with Crippen LogP contribution in [0, 0.1) is 11.3 Å². The monoisotopic (exact) mass is 181 g/mol. The van der Waals surface area contributed by atoms with E-state index in [1.54, 1.807) is 25.1 Å².